The zero-order valence-corrected chi connectivity index (χ0v) is 12.2. The number of esters is 1. The quantitative estimate of drug-likeness (QED) is 0.802. The highest BCUT2D eigenvalue weighted by Crippen LogP contribution is 2.43. The van der Waals surface area contributed by atoms with Crippen LogP contribution in [0.25, 0.3) is 0 Å². The van der Waals surface area contributed by atoms with Crippen molar-refractivity contribution < 1.29 is 14.3 Å². The van der Waals surface area contributed by atoms with Crippen LogP contribution in [0, 0.1) is 5.92 Å². The van der Waals surface area contributed by atoms with E-state index in [2.05, 4.69) is 13.8 Å². The molecule has 1 heterocycles. The van der Waals surface area contributed by atoms with Gasteiger partial charge in [0.05, 0.1) is 12.2 Å². The van der Waals surface area contributed by atoms with Gasteiger partial charge in [0.25, 0.3) is 5.79 Å². The molecular weight excluding hydrogens is 264 g/mol. The molecule has 0 aromatic heterocycles. The predicted molar refractivity (Wildman–Crippen MR) is 79.9 cm³/mol. The Bertz CT molecular complexity index is 649. The van der Waals surface area contributed by atoms with Gasteiger partial charge in [0.2, 0.25) is 0 Å². The van der Waals surface area contributed by atoms with Gasteiger partial charge in [-0.05, 0) is 12.0 Å². The van der Waals surface area contributed by atoms with Crippen LogP contribution in [0.5, 0.6) is 0 Å². The third-order valence-corrected chi connectivity index (χ3v) is 3.51. The van der Waals surface area contributed by atoms with E-state index in [1.807, 2.05) is 48.5 Å². The number of hydrogen-bond acceptors (Lipinski definition) is 3. The van der Waals surface area contributed by atoms with Crippen molar-refractivity contribution >= 4 is 5.97 Å². The van der Waals surface area contributed by atoms with Gasteiger partial charge in [0.15, 0.2) is 0 Å². The molecule has 0 radical (unpaired) electrons. The van der Waals surface area contributed by atoms with Gasteiger partial charge in [-0.3, -0.25) is 0 Å². The van der Waals surface area contributed by atoms with Crippen molar-refractivity contribution in [2.75, 3.05) is 6.61 Å². The first-order valence-corrected chi connectivity index (χ1v) is 7.16. The molecule has 0 spiro atoms. The maximum Gasteiger partial charge on any atom is 0.341 e. The van der Waals surface area contributed by atoms with Crippen molar-refractivity contribution in [3.8, 4) is 0 Å². The molecule has 1 aliphatic heterocycles. The van der Waals surface area contributed by atoms with Crippen molar-refractivity contribution in [2.45, 2.75) is 19.6 Å². The zero-order chi connectivity index (χ0) is 14.9. The van der Waals surface area contributed by atoms with E-state index in [0.29, 0.717) is 18.1 Å². The minimum absolute atomic E-state index is 0.335. The molecule has 0 fully saturated rings. The van der Waals surface area contributed by atoms with Crippen LogP contribution in [-0.2, 0) is 15.3 Å². The minimum atomic E-state index is -1.13. The molecule has 2 aromatic rings. The molecule has 1 atom stereocenters. The summed E-state index contributed by atoms with van der Waals surface area (Å²) in [5.41, 5.74) is 2.19. The molecule has 0 bridgehead atoms. The SMILES string of the molecule is CC(C)CO[C@@]1(c2ccccc2)OC(=O)c2ccccc21. The summed E-state index contributed by atoms with van der Waals surface area (Å²) in [6.07, 6.45) is 0. The van der Waals surface area contributed by atoms with E-state index in [9.17, 15) is 4.79 Å². The van der Waals surface area contributed by atoms with Gasteiger partial charge >= 0.3 is 5.97 Å². The van der Waals surface area contributed by atoms with Crippen LogP contribution in [0.4, 0.5) is 0 Å². The Morgan fingerprint density at radius 1 is 1.05 bits per heavy atom. The average molecular weight is 282 g/mol. The van der Waals surface area contributed by atoms with Crippen molar-refractivity contribution in [2.24, 2.45) is 5.92 Å². The Labute approximate surface area is 124 Å². The molecule has 2 aromatic carbocycles. The fourth-order valence-corrected chi connectivity index (χ4v) is 2.54. The maximum atomic E-state index is 12.2. The Kier molecular flexibility index (Phi) is 3.52. The molecule has 108 valence electrons. The smallest absolute Gasteiger partial charge is 0.341 e. The summed E-state index contributed by atoms with van der Waals surface area (Å²) < 4.78 is 11.8. The molecule has 0 unspecified atom stereocenters. The number of cyclic esters (lactones) is 1. The van der Waals surface area contributed by atoms with E-state index < -0.39 is 5.79 Å². The highest BCUT2D eigenvalue weighted by atomic mass is 16.7. The van der Waals surface area contributed by atoms with E-state index in [0.717, 1.165) is 11.1 Å². The van der Waals surface area contributed by atoms with Gasteiger partial charge in [0, 0.05) is 11.1 Å². The first-order valence-electron chi connectivity index (χ1n) is 7.16. The van der Waals surface area contributed by atoms with Crippen LogP contribution in [-0.4, -0.2) is 12.6 Å². The first kappa shape index (κ1) is 13.8. The molecule has 3 heteroatoms. The van der Waals surface area contributed by atoms with Crippen LogP contribution < -0.4 is 0 Å². The van der Waals surface area contributed by atoms with Crippen molar-refractivity contribution in [3.05, 3.63) is 71.3 Å². The summed E-state index contributed by atoms with van der Waals surface area (Å²) in [6.45, 7) is 4.65. The second kappa shape index (κ2) is 5.34. The Balaban J connectivity index is 2.13. The normalized spacial score (nSPS) is 20.4. The second-order valence-corrected chi connectivity index (χ2v) is 5.62. The molecular formula is C18H18O3. The largest absolute Gasteiger partial charge is 0.420 e. The summed E-state index contributed by atoms with van der Waals surface area (Å²) >= 11 is 0. The van der Waals surface area contributed by atoms with E-state index in [4.69, 9.17) is 9.47 Å². The predicted octanol–water partition coefficient (Wildman–Crippen LogP) is 3.73. The Morgan fingerprint density at radius 3 is 2.43 bits per heavy atom. The number of carbonyl (C=O) groups is 1. The summed E-state index contributed by atoms with van der Waals surface area (Å²) in [6, 6.07) is 17.0. The standard InChI is InChI=1S/C18H18O3/c1-13(2)12-20-18(14-8-4-3-5-9-14)16-11-7-6-10-15(16)17(19)21-18/h3-11,13H,12H2,1-2H3/t18-/m0/s1. The molecule has 0 saturated heterocycles. The first-order chi connectivity index (χ1) is 10.1. The van der Waals surface area contributed by atoms with Gasteiger partial charge in [0.1, 0.15) is 0 Å². The summed E-state index contributed by atoms with van der Waals surface area (Å²) in [7, 11) is 0. The fourth-order valence-electron chi connectivity index (χ4n) is 2.54. The van der Waals surface area contributed by atoms with Crippen LogP contribution in [0.1, 0.15) is 35.3 Å². The lowest BCUT2D eigenvalue weighted by Gasteiger charge is -2.30. The van der Waals surface area contributed by atoms with Crippen LogP contribution >= 0.6 is 0 Å². The van der Waals surface area contributed by atoms with Crippen molar-refractivity contribution in [1.82, 2.24) is 0 Å². The average Bonchev–Trinajstić information content (AvgIpc) is 2.80. The lowest BCUT2D eigenvalue weighted by Crippen LogP contribution is -2.32. The highest BCUT2D eigenvalue weighted by Gasteiger charge is 2.48. The van der Waals surface area contributed by atoms with Crippen LogP contribution in [0.15, 0.2) is 54.6 Å². The van der Waals surface area contributed by atoms with Crippen molar-refractivity contribution in [1.29, 1.82) is 0 Å². The maximum absolute atomic E-state index is 12.2. The molecule has 1 aliphatic rings. The number of ether oxygens (including phenoxy) is 2. The minimum Gasteiger partial charge on any atom is -0.420 e. The Morgan fingerprint density at radius 2 is 1.71 bits per heavy atom. The molecule has 3 nitrogen and oxygen atoms in total. The zero-order valence-electron chi connectivity index (χ0n) is 12.2. The van der Waals surface area contributed by atoms with E-state index in [-0.39, 0.29) is 5.97 Å². The summed E-state index contributed by atoms with van der Waals surface area (Å²) in [5.74, 6) is -1.12. The summed E-state index contributed by atoms with van der Waals surface area (Å²) in [4.78, 5) is 12.2. The lowest BCUT2D eigenvalue weighted by atomic mass is 9.95. The third-order valence-electron chi connectivity index (χ3n) is 3.51. The van der Waals surface area contributed by atoms with Gasteiger partial charge in [-0.25, -0.2) is 4.79 Å². The lowest BCUT2D eigenvalue weighted by molar-refractivity contribution is -0.179. The van der Waals surface area contributed by atoms with Gasteiger partial charge in [-0.15, -0.1) is 0 Å². The topological polar surface area (TPSA) is 35.5 Å². The van der Waals surface area contributed by atoms with Gasteiger partial charge in [-0.1, -0.05) is 62.4 Å². The van der Waals surface area contributed by atoms with Crippen LogP contribution in [0.3, 0.4) is 0 Å². The highest BCUT2D eigenvalue weighted by molar-refractivity contribution is 5.95. The third kappa shape index (κ3) is 2.34. The van der Waals surface area contributed by atoms with E-state index >= 15 is 0 Å². The molecule has 0 saturated carbocycles. The Hall–Kier alpha value is -2.13. The number of fused-ring (bicyclic) bond motifs is 1. The second-order valence-electron chi connectivity index (χ2n) is 5.62. The number of hydrogen-bond donors (Lipinski definition) is 0. The number of carbonyl (C=O) groups excluding carboxylic acids is 1. The number of rotatable bonds is 4. The monoisotopic (exact) mass is 282 g/mol. The van der Waals surface area contributed by atoms with E-state index in [1.165, 1.54) is 0 Å². The molecule has 0 aliphatic carbocycles. The number of benzene rings is 2. The van der Waals surface area contributed by atoms with Gasteiger partial charge < -0.3 is 9.47 Å². The molecule has 21 heavy (non-hydrogen) atoms. The van der Waals surface area contributed by atoms with Crippen LogP contribution in [0.2, 0.25) is 0 Å². The molecule has 0 N–H and O–H groups in total. The van der Waals surface area contributed by atoms with Crippen molar-refractivity contribution in [3.63, 3.8) is 0 Å². The molecule has 3 rings (SSSR count). The van der Waals surface area contributed by atoms with E-state index in [1.54, 1.807) is 6.07 Å². The fraction of sp³-hybridized carbons (Fsp3) is 0.278. The van der Waals surface area contributed by atoms with Gasteiger partial charge in [-0.2, -0.15) is 0 Å². The summed E-state index contributed by atoms with van der Waals surface area (Å²) in [5, 5.41) is 0. The molecule has 0 amide bonds.